The molecular weight excluding hydrogens is 907 g/mol. The first-order valence-corrected chi connectivity index (χ1v) is 22.3. The smallest absolute Gasteiger partial charge is 0.292 e. The Morgan fingerprint density at radius 1 is 0.545 bits per heavy atom. The van der Waals surface area contributed by atoms with Crippen molar-refractivity contribution in [2.75, 3.05) is 10.6 Å². The molecule has 1 aliphatic carbocycles. The van der Waals surface area contributed by atoms with Crippen molar-refractivity contribution in [1.29, 1.82) is 0 Å². The van der Waals surface area contributed by atoms with E-state index in [1.807, 2.05) is 0 Å². The molecule has 2 radical (unpaired) electrons. The fourth-order valence-corrected chi connectivity index (χ4v) is 10.4. The van der Waals surface area contributed by atoms with Crippen LogP contribution in [0.4, 0.5) is 22.7 Å². The second-order valence-electron chi connectivity index (χ2n) is 14.8. The van der Waals surface area contributed by atoms with Gasteiger partial charge in [0.05, 0.1) is 11.1 Å². The number of phenolic OH excluding ortho intramolecular Hbond substituents is 2. The zero-order valence-corrected chi connectivity index (χ0v) is 40.9. The molecule has 0 bridgehead atoms. The Kier molecular flexibility index (Phi) is 15.1. The second-order valence-corrected chi connectivity index (χ2v) is 18.3. The van der Waals surface area contributed by atoms with Crippen LogP contribution in [0.25, 0.3) is 27.1 Å². The third-order valence-electron chi connectivity index (χ3n) is 10.7. The molecule has 8 rings (SSSR count). The van der Waals surface area contributed by atoms with Crippen LogP contribution in [0.5, 0.6) is 11.5 Å². The molecule has 0 saturated heterocycles. The average Bonchev–Trinajstić information content (AvgIpc) is 3.28. The Hall–Kier alpha value is -5.64. The standard InChI is InChI=1S/C46H36N6O10S2.2Na/c53-41-36(43(55)47-32-18-6-2-7-19-32)26-30-16-10-12-22-34(30)39(41)49-51-45(25-24-38(29-14-4-1-5-15-29)46(28-45,63(57,58)59)64(60,61)62)52-50-40-35-23-13-11-17-31(35)27-37(42(40)54)44(56)48-33-20-8-3-9-21-33;;/h1-24,26-27,53-54H,25,28H2,(H,47,55)(H,48,56)(H,57,58,59)(H,60,61,62);;. The third kappa shape index (κ3) is 9.75. The van der Waals surface area contributed by atoms with Gasteiger partial charge in [0.25, 0.3) is 36.1 Å². The molecule has 0 saturated carbocycles. The molecule has 0 atom stereocenters. The number of carbonyl (C=O) groups excluding carboxylic acids is 2. The summed E-state index contributed by atoms with van der Waals surface area (Å²) in [6, 6.07) is 39.9. The van der Waals surface area contributed by atoms with E-state index in [-0.39, 0.29) is 98.0 Å². The molecule has 0 unspecified atom stereocenters. The van der Waals surface area contributed by atoms with E-state index in [4.69, 9.17) is 0 Å². The summed E-state index contributed by atoms with van der Waals surface area (Å²) in [5, 5.41) is 47.6. The van der Waals surface area contributed by atoms with Gasteiger partial charge >= 0.3 is 0 Å². The van der Waals surface area contributed by atoms with E-state index in [0.717, 1.165) is 6.08 Å². The molecule has 66 heavy (non-hydrogen) atoms. The zero-order chi connectivity index (χ0) is 45.3. The van der Waals surface area contributed by atoms with Gasteiger partial charge < -0.3 is 20.8 Å². The quantitative estimate of drug-likeness (QED) is 0.0407. The van der Waals surface area contributed by atoms with Crippen molar-refractivity contribution in [1.82, 2.24) is 0 Å². The van der Waals surface area contributed by atoms with E-state index in [2.05, 4.69) is 31.1 Å². The Labute approximate surface area is 422 Å². The number of hydrogen-bond acceptors (Lipinski definition) is 12. The van der Waals surface area contributed by atoms with E-state index in [0.29, 0.717) is 22.1 Å². The molecule has 1 aliphatic rings. The number of nitrogens with one attached hydrogen (secondary N) is 2. The van der Waals surface area contributed by atoms with Gasteiger partial charge in [0.15, 0.2) is 17.2 Å². The van der Waals surface area contributed by atoms with Crippen LogP contribution in [0.2, 0.25) is 0 Å². The number of amides is 2. The molecule has 7 aromatic carbocycles. The topological polar surface area (TPSA) is 257 Å². The number of phenols is 2. The van der Waals surface area contributed by atoms with E-state index >= 15 is 0 Å². The fourth-order valence-electron chi connectivity index (χ4n) is 7.59. The van der Waals surface area contributed by atoms with Crippen molar-refractivity contribution in [3.05, 3.63) is 174 Å². The van der Waals surface area contributed by atoms with Crippen LogP contribution in [0.1, 0.15) is 39.1 Å². The van der Waals surface area contributed by atoms with Crippen LogP contribution in [0.3, 0.4) is 0 Å². The predicted molar refractivity (Wildman–Crippen MR) is 253 cm³/mol. The maximum absolute atomic E-state index is 13.6. The summed E-state index contributed by atoms with van der Waals surface area (Å²) in [6.45, 7) is 0. The molecule has 6 N–H and O–H groups in total. The summed E-state index contributed by atoms with van der Waals surface area (Å²) in [5.74, 6) is -2.81. The average molecular weight is 943 g/mol. The van der Waals surface area contributed by atoms with Gasteiger partial charge in [0, 0.05) is 94.1 Å². The van der Waals surface area contributed by atoms with Crippen LogP contribution in [-0.2, 0) is 20.2 Å². The van der Waals surface area contributed by atoms with E-state index in [9.17, 15) is 45.7 Å². The molecule has 324 valence electrons. The third-order valence-corrected chi connectivity index (χ3v) is 14.4. The maximum atomic E-state index is 13.6. The molecule has 7 aromatic rings. The van der Waals surface area contributed by atoms with Gasteiger partial charge in [0.1, 0.15) is 11.4 Å². The van der Waals surface area contributed by atoms with E-state index in [1.54, 1.807) is 115 Å². The molecule has 0 heterocycles. The van der Waals surface area contributed by atoms with Crippen LogP contribution in [-0.4, -0.2) is 117 Å². The van der Waals surface area contributed by atoms with Gasteiger partial charge in [-0.3, -0.25) is 18.7 Å². The summed E-state index contributed by atoms with van der Waals surface area (Å²) in [4.78, 5) is 27.3. The summed E-state index contributed by atoms with van der Waals surface area (Å²) in [7, 11) is -11.7. The Morgan fingerprint density at radius 2 is 0.924 bits per heavy atom. The molecular formula is C46H36N6Na2O10S2. The van der Waals surface area contributed by atoms with E-state index in [1.165, 1.54) is 36.4 Å². The number of anilines is 2. The van der Waals surface area contributed by atoms with Crippen molar-refractivity contribution in [3.63, 3.8) is 0 Å². The van der Waals surface area contributed by atoms with Gasteiger partial charge in [-0.1, -0.05) is 121 Å². The number of aromatic hydroxyl groups is 2. The van der Waals surface area contributed by atoms with Crippen LogP contribution < -0.4 is 10.6 Å². The van der Waals surface area contributed by atoms with Gasteiger partial charge in [-0.25, -0.2) is 0 Å². The maximum Gasteiger partial charge on any atom is 0.292 e. The van der Waals surface area contributed by atoms with Crippen molar-refractivity contribution >= 4 is 141 Å². The normalized spacial score (nSPS) is 16.0. The summed E-state index contributed by atoms with van der Waals surface area (Å²) in [5.41, 5.74) is -3.33. The van der Waals surface area contributed by atoms with Crippen LogP contribution >= 0.6 is 0 Å². The number of carbonyl (C=O) groups is 2. The molecule has 2 amide bonds. The van der Waals surface area contributed by atoms with Crippen molar-refractivity contribution < 1.29 is 45.7 Å². The number of azo groups is 2. The second kappa shape index (κ2) is 20.1. The molecule has 0 aromatic heterocycles. The molecule has 0 aliphatic heterocycles. The predicted octanol–water partition coefficient (Wildman–Crippen LogP) is 9.06. The van der Waals surface area contributed by atoms with Gasteiger partial charge in [-0.2, -0.15) is 27.1 Å². The largest absolute Gasteiger partial charge is 0.505 e. The monoisotopic (exact) mass is 942 g/mol. The number of hydrogen-bond donors (Lipinski definition) is 6. The summed E-state index contributed by atoms with van der Waals surface area (Å²) < 4.78 is 72.9. The Bertz CT molecular complexity index is 3120. The minimum atomic E-state index is -5.87. The number of para-hydroxylation sites is 2. The van der Waals surface area contributed by atoms with Crippen LogP contribution in [0.15, 0.2) is 178 Å². The first-order chi connectivity index (χ1) is 30.6. The fraction of sp³-hybridized carbons (Fsp3) is 0.0870. The zero-order valence-electron chi connectivity index (χ0n) is 35.3. The first-order valence-electron chi connectivity index (χ1n) is 19.4. The van der Waals surface area contributed by atoms with Gasteiger partial charge in [-0.15, -0.1) is 10.2 Å². The minimum Gasteiger partial charge on any atom is -0.505 e. The molecule has 20 heteroatoms. The van der Waals surface area contributed by atoms with Crippen molar-refractivity contribution in [2.24, 2.45) is 20.5 Å². The number of benzene rings is 7. The van der Waals surface area contributed by atoms with Gasteiger partial charge in [0.2, 0.25) is 0 Å². The molecule has 0 spiro atoms. The molecule has 16 nitrogen and oxygen atoms in total. The Balaban J connectivity index is 0.00000360. The Morgan fingerprint density at radius 3 is 1.33 bits per heavy atom. The minimum absolute atomic E-state index is 0. The summed E-state index contributed by atoms with van der Waals surface area (Å²) in [6.07, 6.45) is -0.760. The van der Waals surface area contributed by atoms with E-state index < -0.39 is 71.7 Å². The van der Waals surface area contributed by atoms with Gasteiger partial charge in [-0.05, 0) is 58.3 Å². The number of rotatable bonds is 11. The van der Waals surface area contributed by atoms with Crippen molar-refractivity contribution in [3.8, 4) is 11.5 Å². The summed E-state index contributed by atoms with van der Waals surface area (Å²) >= 11 is 0. The van der Waals surface area contributed by atoms with Crippen LogP contribution in [0, 0.1) is 0 Å². The van der Waals surface area contributed by atoms with Crippen molar-refractivity contribution in [2.45, 2.75) is 22.6 Å². The number of nitrogens with zero attached hydrogens (tertiary/aromatic N) is 4. The molecule has 0 fully saturated rings. The number of fused-ring (bicyclic) bond motifs is 2. The SMILES string of the molecule is O=C(Nc1ccccc1)c1cc2ccccc2c(N=NC2(N=Nc3c(O)c(C(=O)Nc4ccccc4)cc4ccccc34)CC=C(c3ccccc3)C(S(=O)(=O)O)(S(=O)(=O)O)C2)c1O.[Na].[Na]. The first kappa shape index (κ1) is 49.8.